The molecule has 2 heterocycles. The third-order valence-electron chi connectivity index (χ3n) is 4.28. The quantitative estimate of drug-likeness (QED) is 0.916. The molecule has 1 N–H and O–H groups in total. The zero-order valence-electron chi connectivity index (χ0n) is 13.6. The number of hydrogen-bond acceptors (Lipinski definition) is 4. The van der Waals surface area contributed by atoms with Crippen molar-refractivity contribution in [3.05, 3.63) is 54.4 Å². The molecule has 1 aliphatic heterocycles. The number of carbonyl (C=O) groups is 1. The number of aliphatic hydroxyl groups excluding tert-OH is 1. The van der Waals surface area contributed by atoms with E-state index in [9.17, 15) is 9.90 Å². The van der Waals surface area contributed by atoms with E-state index in [1.54, 1.807) is 18.3 Å². The predicted molar refractivity (Wildman–Crippen MR) is 91.1 cm³/mol. The highest BCUT2D eigenvalue weighted by Gasteiger charge is 2.27. The van der Waals surface area contributed by atoms with E-state index < -0.39 is 0 Å². The zero-order chi connectivity index (χ0) is 16.8. The van der Waals surface area contributed by atoms with Gasteiger partial charge in [-0.3, -0.25) is 9.78 Å². The van der Waals surface area contributed by atoms with Crippen LogP contribution in [0.5, 0.6) is 11.5 Å². The van der Waals surface area contributed by atoms with E-state index in [0.29, 0.717) is 17.9 Å². The van der Waals surface area contributed by atoms with Crippen molar-refractivity contribution in [2.24, 2.45) is 0 Å². The maximum atomic E-state index is 12.8. The predicted octanol–water partition coefficient (Wildman–Crippen LogP) is 3.25. The molecule has 1 aromatic carbocycles. The van der Waals surface area contributed by atoms with Crippen LogP contribution in [-0.4, -0.2) is 40.1 Å². The van der Waals surface area contributed by atoms with Gasteiger partial charge in [-0.05, 0) is 43.9 Å². The normalized spacial score (nSPS) is 17.5. The number of para-hydroxylation sites is 1. The second-order valence-corrected chi connectivity index (χ2v) is 5.95. The van der Waals surface area contributed by atoms with Crippen LogP contribution in [0.1, 0.15) is 36.2 Å². The molecule has 126 valence electrons. The summed E-state index contributed by atoms with van der Waals surface area (Å²) in [5.41, 5.74) is 0.383. The molecular formula is C19H22N2O3. The maximum absolute atomic E-state index is 12.8. The first kappa shape index (κ1) is 16.5. The average molecular weight is 326 g/mol. The maximum Gasteiger partial charge on any atom is 0.272 e. The van der Waals surface area contributed by atoms with Crippen molar-refractivity contribution < 1.29 is 14.6 Å². The molecule has 1 amide bonds. The number of ether oxygens (including phenoxy) is 1. The minimum atomic E-state index is -0.0911. The Morgan fingerprint density at radius 3 is 2.83 bits per heavy atom. The summed E-state index contributed by atoms with van der Waals surface area (Å²) in [4.78, 5) is 18.9. The Labute approximate surface area is 141 Å². The van der Waals surface area contributed by atoms with Crippen LogP contribution in [0.4, 0.5) is 0 Å². The SMILES string of the molecule is O=C(c1cc(Oc2ccccc2)ccn1)N1CCCCC1CCO. The molecule has 5 nitrogen and oxygen atoms in total. The lowest BCUT2D eigenvalue weighted by Crippen LogP contribution is -2.44. The fourth-order valence-corrected chi connectivity index (χ4v) is 3.08. The molecule has 1 unspecified atom stereocenters. The van der Waals surface area contributed by atoms with Crippen LogP contribution < -0.4 is 4.74 Å². The van der Waals surface area contributed by atoms with Crippen LogP contribution in [0.2, 0.25) is 0 Å². The van der Waals surface area contributed by atoms with Gasteiger partial charge < -0.3 is 14.7 Å². The lowest BCUT2D eigenvalue weighted by molar-refractivity contribution is 0.0568. The Bertz CT molecular complexity index is 673. The number of piperidine rings is 1. The average Bonchev–Trinajstić information content (AvgIpc) is 2.63. The van der Waals surface area contributed by atoms with Gasteiger partial charge in [-0.15, -0.1) is 0 Å². The van der Waals surface area contributed by atoms with Gasteiger partial charge in [0.25, 0.3) is 5.91 Å². The highest BCUT2D eigenvalue weighted by Crippen LogP contribution is 2.24. The molecular weight excluding hydrogens is 304 g/mol. The summed E-state index contributed by atoms with van der Waals surface area (Å²) in [7, 11) is 0. The van der Waals surface area contributed by atoms with E-state index in [0.717, 1.165) is 31.6 Å². The van der Waals surface area contributed by atoms with Crippen molar-refractivity contribution >= 4 is 5.91 Å². The Balaban J connectivity index is 1.76. The summed E-state index contributed by atoms with van der Waals surface area (Å²) < 4.78 is 5.78. The highest BCUT2D eigenvalue weighted by atomic mass is 16.5. The Morgan fingerprint density at radius 2 is 2.04 bits per heavy atom. The number of hydrogen-bond donors (Lipinski definition) is 1. The van der Waals surface area contributed by atoms with E-state index in [2.05, 4.69) is 4.98 Å². The number of rotatable bonds is 5. The Morgan fingerprint density at radius 1 is 1.21 bits per heavy atom. The fourth-order valence-electron chi connectivity index (χ4n) is 3.08. The van der Waals surface area contributed by atoms with Crippen molar-refractivity contribution in [3.63, 3.8) is 0 Å². The van der Waals surface area contributed by atoms with E-state index in [4.69, 9.17) is 4.74 Å². The van der Waals surface area contributed by atoms with Crippen LogP contribution in [0.3, 0.4) is 0 Å². The first-order valence-corrected chi connectivity index (χ1v) is 8.38. The van der Waals surface area contributed by atoms with Gasteiger partial charge in [0.05, 0.1) is 0 Å². The van der Waals surface area contributed by atoms with Crippen molar-refractivity contribution in [2.75, 3.05) is 13.2 Å². The van der Waals surface area contributed by atoms with Crippen LogP contribution in [0.15, 0.2) is 48.7 Å². The summed E-state index contributed by atoms with van der Waals surface area (Å²) in [5.74, 6) is 1.22. The van der Waals surface area contributed by atoms with Gasteiger partial charge in [0.2, 0.25) is 0 Å². The molecule has 3 rings (SSSR count). The van der Waals surface area contributed by atoms with E-state index >= 15 is 0 Å². The third kappa shape index (κ3) is 3.92. The minimum absolute atomic E-state index is 0.0911. The van der Waals surface area contributed by atoms with E-state index in [-0.39, 0.29) is 18.6 Å². The number of aliphatic hydroxyl groups is 1. The number of likely N-dealkylation sites (tertiary alicyclic amines) is 1. The fraction of sp³-hybridized carbons (Fsp3) is 0.368. The molecule has 0 aliphatic carbocycles. The van der Waals surface area contributed by atoms with Gasteiger partial charge in [0, 0.05) is 31.5 Å². The summed E-state index contributed by atoms with van der Waals surface area (Å²) >= 11 is 0. The molecule has 1 atom stereocenters. The molecule has 0 bridgehead atoms. The summed E-state index contributed by atoms with van der Waals surface area (Å²) in [6.45, 7) is 0.813. The van der Waals surface area contributed by atoms with Gasteiger partial charge in [-0.2, -0.15) is 0 Å². The van der Waals surface area contributed by atoms with Crippen LogP contribution in [0.25, 0.3) is 0 Å². The molecule has 0 radical (unpaired) electrons. The highest BCUT2D eigenvalue weighted by molar-refractivity contribution is 5.93. The number of nitrogens with zero attached hydrogens (tertiary/aromatic N) is 2. The van der Waals surface area contributed by atoms with Gasteiger partial charge in [0.1, 0.15) is 17.2 Å². The van der Waals surface area contributed by atoms with E-state index in [1.165, 1.54) is 0 Å². The molecule has 0 spiro atoms. The van der Waals surface area contributed by atoms with Gasteiger partial charge in [-0.1, -0.05) is 18.2 Å². The van der Waals surface area contributed by atoms with Crippen molar-refractivity contribution in [3.8, 4) is 11.5 Å². The number of benzene rings is 1. The Kier molecular flexibility index (Phi) is 5.43. The molecule has 2 aromatic rings. The molecule has 5 heteroatoms. The molecule has 0 saturated carbocycles. The first-order valence-electron chi connectivity index (χ1n) is 8.38. The monoisotopic (exact) mass is 326 g/mol. The van der Waals surface area contributed by atoms with Crippen LogP contribution in [-0.2, 0) is 0 Å². The van der Waals surface area contributed by atoms with Gasteiger partial charge in [0.15, 0.2) is 0 Å². The largest absolute Gasteiger partial charge is 0.457 e. The standard InChI is InChI=1S/C19H22N2O3/c22-13-10-15-6-4-5-12-21(15)19(23)18-14-17(9-11-20-18)24-16-7-2-1-3-8-16/h1-3,7-9,11,14-15,22H,4-6,10,12-13H2. The van der Waals surface area contributed by atoms with E-state index in [1.807, 2.05) is 35.2 Å². The van der Waals surface area contributed by atoms with Crippen LogP contribution >= 0.6 is 0 Å². The van der Waals surface area contributed by atoms with Gasteiger partial charge >= 0.3 is 0 Å². The number of carbonyl (C=O) groups excluding carboxylic acids is 1. The number of aromatic nitrogens is 1. The summed E-state index contributed by atoms with van der Waals surface area (Å²) in [6.07, 6.45) is 5.24. The second kappa shape index (κ2) is 7.93. The number of pyridine rings is 1. The summed E-state index contributed by atoms with van der Waals surface area (Å²) in [6, 6.07) is 13.0. The second-order valence-electron chi connectivity index (χ2n) is 5.95. The van der Waals surface area contributed by atoms with Crippen molar-refractivity contribution in [1.82, 2.24) is 9.88 Å². The lowest BCUT2D eigenvalue weighted by atomic mass is 9.99. The van der Waals surface area contributed by atoms with Crippen LogP contribution in [0, 0.1) is 0 Å². The molecule has 1 aromatic heterocycles. The topological polar surface area (TPSA) is 62.7 Å². The molecule has 1 fully saturated rings. The van der Waals surface area contributed by atoms with Crippen molar-refractivity contribution in [1.29, 1.82) is 0 Å². The minimum Gasteiger partial charge on any atom is -0.457 e. The smallest absolute Gasteiger partial charge is 0.272 e. The van der Waals surface area contributed by atoms with Crippen molar-refractivity contribution in [2.45, 2.75) is 31.7 Å². The van der Waals surface area contributed by atoms with Gasteiger partial charge in [-0.25, -0.2) is 0 Å². The third-order valence-corrected chi connectivity index (χ3v) is 4.28. The lowest BCUT2D eigenvalue weighted by Gasteiger charge is -2.35. The zero-order valence-corrected chi connectivity index (χ0v) is 13.6. The number of amides is 1. The molecule has 1 aliphatic rings. The first-order chi connectivity index (χ1) is 11.8. The molecule has 1 saturated heterocycles. The summed E-state index contributed by atoms with van der Waals surface area (Å²) in [5, 5.41) is 9.22. The Hall–Kier alpha value is -2.40. The molecule has 24 heavy (non-hydrogen) atoms.